The van der Waals surface area contributed by atoms with E-state index in [1.54, 1.807) is 20.8 Å². The number of carbonyl (C=O) groups is 2. The van der Waals surface area contributed by atoms with Gasteiger partial charge in [-0.15, -0.1) is 0 Å². The first-order valence-electron chi connectivity index (χ1n) is 6.51. The molecule has 2 rings (SSSR count). The topological polar surface area (TPSA) is 66.8 Å². The zero-order valence-electron chi connectivity index (χ0n) is 11.8. The Morgan fingerprint density at radius 3 is 2.60 bits per heavy atom. The lowest BCUT2D eigenvalue weighted by Gasteiger charge is -2.24. The second-order valence-corrected chi connectivity index (χ2v) is 6.77. The number of ether oxygens (including phenoxy) is 1. The summed E-state index contributed by atoms with van der Waals surface area (Å²) in [5.41, 5.74) is 0.407. The first-order valence-corrected chi connectivity index (χ1v) is 7.45. The molecule has 1 aliphatic heterocycles. The largest absolute Gasteiger partial charge is 0.481 e. The number of rotatable bonds is 2. The summed E-state index contributed by atoms with van der Waals surface area (Å²) in [5, 5.41) is 13.2. The van der Waals surface area contributed by atoms with Crippen LogP contribution in [0.5, 0.6) is 0 Å². The Labute approximate surface area is 122 Å². The quantitative estimate of drug-likeness (QED) is 0.911. The van der Waals surface area contributed by atoms with Gasteiger partial charge in [0.2, 0.25) is 0 Å². The molecule has 1 aromatic rings. The molecule has 5 nitrogen and oxygen atoms in total. The highest BCUT2D eigenvalue weighted by Gasteiger charge is 2.41. The highest BCUT2D eigenvalue weighted by Crippen LogP contribution is 2.34. The van der Waals surface area contributed by atoms with Gasteiger partial charge >= 0.3 is 12.1 Å². The predicted octanol–water partition coefficient (Wildman–Crippen LogP) is 2.78. The van der Waals surface area contributed by atoms with Gasteiger partial charge in [-0.3, -0.25) is 4.79 Å². The lowest BCUT2D eigenvalue weighted by molar-refractivity contribution is -0.141. The number of thiophene rings is 1. The molecule has 0 saturated carbocycles. The molecule has 0 radical (unpaired) electrons. The van der Waals surface area contributed by atoms with E-state index in [-0.39, 0.29) is 12.5 Å². The average Bonchev–Trinajstić information content (AvgIpc) is 2.95. The minimum Gasteiger partial charge on any atom is -0.481 e. The molecule has 1 aliphatic rings. The number of aliphatic carboxylic acids is 1. The normalized spacial score (nSPS) is 22.9. The number of carboxylic acids is 1. The van der Waals surface area contributed by atoms with Crippen LogP contribution < -0.4 is 0 Å². The van der Waals surface area contributed by atoms with Gasteiger partial charge in [0.15, 0.2) is 0 Å². The fourth-order valence-electron chi connectivity index (χ4n) is 2.35. The van der Waals surface area contributed by atoms with Crippen LogP contribution in [0.3, 0.4) is 0 Å². The van der Waals surface area contributed by atoms with E-state index < -0.39 is 23.6 Å². The van der Waals surface area contributed by atoms with Gasteiger partial charge in [-0.25, -0.2) is 4.79 Å². The van der Waals surface area contributed by atoms with Crippen molar-refractivity contribution in [3.05, 3.63) is 22.4 Å². The van der Waals surface area contributed by atoms with Crippen LogP contribution in [0.25, 0.3) is 0 Å². The standard InChI is InChI=1S/C14H19NO4S/c1-14(2,3)19-13(18)15-6-10(9-4-5-20-8-9)11(7-15)12(16)17/h4-5,8,10-11H,6-7H2,1-3H3,(H,16,17). The third kappa shape index (κ3) is 3.30. The summed E-state index contributed by atoms with van der Waals surface area (Å²) in [6.07, 6.45) is -0.443. The molecule has 0 aliphatic carbocycles. The fourth-order valence-corrected chi connectivity index (χ4v) is 3.08. The third-order valence-corrected chi connectivity index (χ3v) is 3.96. The van der Waals surface area contributed by atoms with Crippen molar-refractivity contribution in [1.82, 2.24) is 4.90 Å². The summed E-state index contributed by atoms with van der Waals surface area (Å²) in [5.74, 6) is -1.60. The number of likely N-dealkylation sites (tertiary alicyclic amines) is 1. The van der Waals surface area contributed by atoms with E-state index in [2.05, 4.69) is 0 Å². The highest BCUT2D eigenvalue weighted by molar-refractivity contribution is 7.08. The molecule has 110 valence electrons. The van der Waals surface area contributed by atoms with E-state index in [9.17, 15) is 14.7 Å². The van der Waals surface area contributed by atoms with Crippen molar-refractivity contribution in [2.45, 2.75) is 32.3 Å². The first-order chi connectivity index (χ1) is 9.28. The summed E-state index contributed by atoms with van der Waals surface area (Å²) in [6.45, 7) is 5.98. The van der Waals surface area contributed by atoms with Gasteiger partial charge in [0.05, 0.1) is 5.92 Å². The number of amides is 1. The van der Waals surface area contributed by atoms with Crippen molar-refractivity contribution in [3.63, 3.8) is 0 Å². The number of hydrogen-bond donors (Lipinski definition) is 1. The van der Waals surface area contributed by atoms with Gasteiger partial charge in [0.25, 0.3) is 0 Å². The van der Waals surface area contributed by atoms with Crippen molar-refractivity contribution in [2.24, 2.45) is 5.92 Å². The van der Waals surface area contributed by atoms with E-state index in [0.29, 0.717) is 6.54 Å². The smallest absolute Gasteiger partial charge is 0.410 e. The lowest BCUT2D eigenvalue weighted by Crippen LogP contribution is -2.35. The Bertz CT molecular complexity index is 492. The molecule has 1 fully saturated rings. The molecule has 2 heterocycles. The SMILES string of the molecule is CC(C)(C)OC(=O)N1CC(C(=O)O)C(c2ccsc2)C1. The Kier molecular flexibility index (Phi) is 4.04. The molecular formula is C14H19NO4S. The van der Waals surface area contributed by atoms with Crippen molar-refractivity contribution < 1.29 is 19.4 Å². The van der Waals surface area contributed by atoms with Gasteiger partial charge in [-0.2, -0.15) is 11.3 Å². The number of carboxylic acid groups (broad SMARTS) is 1. The number of carbonyl (C=O) groups excluding carboxylic acids is 1. The summed E-state index contributed by atoms with van der Waals surface area (Å²) in [6, 6.07) is 1.92. The van der Waals surface area contributed by atoms with Crippen LogP contribution in [-0.4, -0.2) is 40.8 Å². The van der Waals surface area contributed by atoms with E-state index in [1.165, 1.54) is 16.2 Å². The lowest BCUT2D eigenvalue weighted by atomic mass is 9.91. The van der Waals surface area contributed by atoms with E-state index >= 15 is 0 Å². The molecule has 1 aromatic heterocycles. The van der Waals surface area contributed by atoms with Gasteiger partial charge < -0.3 is 14.7 Å². The Balaban J connectivity index is 2.12. The van der Waals surface area contributed by atoms with Crippen LogP contribution >= 0.6 is 11.3 Å². The zero-order chi connectivity index (χ0) is 14.9. The Hall–Kier alpha value is -1.56. The average molecular weight is 297 g/mol. The highest BCUT2D eigenvalue weighted by atomic mass is 32.1. The van der Waals surface area contributed by atoms with Crippen LogP contribution in [-0.2, 0) is 9.53 Å². The van der Waals surface area contributed by atoms with Crippen molar-refractivity contribution in [3.8, 4) is 0 Å². The molecule has 2 atom stereocenters. The monoisotopic (exact) mass is 297 g/mol. The van der Waals surface area contributed by atoms with E-state index in [0.717, 1.165) is 5.56 Å². The predicted molar refractivity (Wildman–Crippen MR) is 76.0 cm³/mol. The Morgan fingerprint density at radius 1 is 1.40 bits per heavy atom. The molecule has 1 amide bonds. The van der Waals surface area contributed by atoms with Crippen molar-refractivity contribution in [1.29, 1.82) is 0 Å². The van der Waals surface area contributed by atoms with Crippen LogP contribution in [0, 0.1) is 5.92 Å². The third-order valence-electron chi connectivity index (χ3n) is 3.26. The van der Waals surface area contributed by atoms with Gasteiger partial charge in [-0.05, 0) is 43.2 Å². The molecule has 0 spiro atoms. The molecule has 2 unspecified atom stereocenters. The van der Waals surface area contributed by atoms with Crippen LogP contribution in [0.15, 0.2) is 16.8 Å². The maximum atomic E-state index is 12.1. The summed E-state index contributed by atoms with van der Waals surface area (Å²) >= 11 is 1.53. The maximum Gasteiger partial charge on any atom is 0.410 e. The van der Waals surface area contributed by atoms with Gasteiger partial charge in [0.1, 0.15) is 5.60 Å². The van der Waals surface area contributed by atoms with Crippen molar-refractivity contribution >= 4 is 23.4 Å². The van der Waals surface area contributed by atoms with E-state index in [1.807, 2.05) is 16.8 Å². The number of nitrogens with zero attached hydrogens (tertiary/aromatic N) is 1. The molecule has 0 aromatic carbocycles. The minimum absolute atomic E-state index is 0.161. The summed E-state index contributed by atoms with van der Waals surface area (Å²) in [7, 11) is 0. The summed E-state index contributed by atoms with van der Waals surface area (Å²) in [4.78, 5) is 24.9. The number of hydrogen-bond acceptors (Lipinski definition) is 4. The molecule has 6 heteroatoms. The van der Waals surface area contributed by atoms with E-state index in [4.69, 9.17) is 4.74 Å². The first kappa shape index (κ1) is 14.8. The second kappa shape index (κ2) is 5.44. The fraction of sp³-hybridized carbons (Fsp3) is 0.571. The second-order valence-electron chi connectivity index (χ2n) is 5.99. The minimum atomic E-state index is -0.868. The Morgan fingerprint density at radius 2 is 2.10 bits per heavy atom. The maximum absolute atomic E-state index is 12.1. The van der Waals surface area contributed by atoms with Crippen molar-refractivity contribution in [2.75, 3.05) is 13.1 Å². The molecular weight excluding hydrogens is 278 g/mol. The van der Waals surface area contributed by atoms with Gasteiger partial charge in [-0.1, -0.05) is 0 Å². The van der Waals surface area contributed by atoms with Crippen LogP contribution in [0.2, 0.25) is 0 Å². The van der Waals surface area contributed by atoms with Crippen LogP contribution in [0.1, 0.15) is 32.3 Å². The zero-order valence-corrected chi connectivity index (χ0v) is 12.6. The molecule has 20 heavy (non-hydrogen) atoms. The molecule has 0 bridgehead atoms. The summed E-state index contributed by atoms with van der Waals surface area (Å²) < 4.78 is 5.31. The van der Waals surface area contributed by atoms with Gasteiger partial charge in [0, 0.05) is 19.0 Å². The van der Waals surface area contributed by atoms with Crippen LogP contribution in [0.4, 0.5) is 4.79 Å². The molecule has 1 N–H and O–H groups in total. The molecule has 1 saturated heterocycles.